The molecule has 0 fully saturated rings. The number of aliphatic carboxylic acids is 1. The Morgan fingerprint density at radius 3 is 2.42 bits per heavy atom. The van der Waals surface area contributed by atoms with Gasteiger partial charge in [0.05, 0.1) is 16.7 Å². The first kappa shape index (κ1) is 27.7. The molecule has 2 N–H and O–H groups in total. The number of unbranched alkanes of at least 4 members (excludes halogenated alkanes) is 1. The summed E-state index contributed by atoms with van der Waals surface area (Å²) in [6.07, 6.45) is 3.65. The molecule has 0 bridgehead atoms. The molecule has 0 unspecified atom stereocenters. The van der Waals surface area contributed by atoms with Crippen molar-refractivity contribution in [1.29, 1.82) is 5.26 Å². The van der Waals surface area contributed by atoms with E-state index in [4.69, 9.17) is 28.3 Å². The van der Waals surface area contributed by atoms with E-state index in [0.29, 0.717) is 21.2 Å². The van der Waals surface area contributed by atoms with Gasteiger partial charge in [0, 0.05) is 28.1 Å². The van der Waals surface area contributed by atoms with Crippen LogP contribution in [0.2, 0.25) is 10.0 Å². The summed E-state index contributed by atoms with van der Waals surface area (Å²) < 4.78 is 0.956. The van der Waals surface area contributed by atoms with Gasteiger partial charge in [-0.15, -0.1) is 11.3 Å². The van der Waals surface area contributed by atoms with Gasteiger partial charge in [0.25, 0.3) is 5.91 Å². The number of carbonyl (C=O) groups is 2. The third kappa shape index (κ3) is 6.93. The SMILES string of the molecule is N#Cc1cc(Cl)cc2c([C@@H](CCCCc3ccc(C(=O)NCCC(=O)O)cc3)c3ccc(Cl)cc3)csc12. The van der Waals surface area contributed by atoms with E-state index >= 15 is 0 Å². The van der Waals surface area contributed by atoms with E-state index < -0.39 is 5.97 Å². The maximum Gasteiger partial charge on any atom is 0.305 e. The number of nitriles is 1. The molecule has 0 aliphatic rings. The highest BCUT2D eigenvalue weighted by Gasteiger charge is 2.20. The number of carboxylic acids is 1. The molecule has 0 aliphatic heterocycles. The van der Waals surface area contributed by atoms with E-state index in [2.05, 4.69) is 28.9 Å². The van der Waals surface area contributed by atoms with Gasteiger partial charge in [0.2, 0.25) is 0 Å². The molecule has 1 atom stereocenters. The molecule has 8 heteroatoms. The maximum atomic E-state index is 12.2. The highest BCUT2D eigenvalue weighted by molar-refractivity contribution is 7.17. The van der Waals surface area contributed by atoms with E-state index in [9.17, 15) is 14.9 Å². The predicted molar refractivity (Wildman–Crippen MR) is 153 cm³/mol. The van der Waals surface area contributed by atoms with Crippen LogP contribution in [0.1, 0.15) is 64.2 Å². The number of halogens is 2. The normalized spacial score (nSPS) is 11.7. The van der Waals surface area contributed by atoms with E-state index in [1.807, 2.05) is 30.3 Å². The van der Waals surface area contributed by atoms with Crippen molar-refractivity contribution < 1.29 is 14.7 Å². The monoisotopic (exact) mass is 564 g/mol. The van der Waals surface area contributed by atoms with Gasteiger partial charge in [0.1, 0.15) is 6.07 Å². The van der Waals surface area contributed by atoms with Crippen LogP contribution in [0, 0.1) is 11.3 Å². The topological polar surface area (TPSA) is 90.2 Å². The zero-order chi connectivity index (χ0) is 27.1. The van der Waals surface area contributed by atoms with Crippen molar-refractivity contribution in [1.82, 2.24) is 5.32 Å². The van der Waals surface area contributed by atoms with Crippen molar-refractivity contribution in [2.45, 2.75) is 38.0 Å². The minimum atomic E-state index is -0.943. The smallest absolute Gasteiger partial charge is 0.305 e. The third-order valence-electron chi connectivity index (χ3n) is 6.49. The minimum Gasteiger partial charge on any atom is -0.481 e. The van der Waals surface area contributed by atoms with Gasteiger partial charge in [-0.05, 0) is 83.1 Å². The number of carboxylic acid groups (broad SMARTS) is 1. The number of amides is 1. The molecule has 1 aromatic heterocycles. The first-order valence-electron chi connectivity index (χ1n) is 12.3. The molecule has 4 aromatic rings. The largest absolute Gasteiger partial charge is 0.481 e. The molecule has 0 spiro atoms. The lowest BCUT2D eigenvalue weighted by molar-refractivity contribution is -0.136. The van der Waals surface area contributed by atoms with Crippen LogP contribution in [0.3, 0.4) is 0 Å². The van der Waals surface area contributed by atoms with Crippen molar-refractivity contribution in [3.05, 3.63) is 104 Å². The fourth-order valence-electron chi connectivity index (χ4n) is 4.56. The van der Waals surface area contributed by atoms with Crippen LogP contribution in [0.4, 0.5) is 0 Å². The molecular weight excluding hydrogens is 539 g/mol. The molecule has 5 nitrogen and oxygen atoms in total. The quantitative estimate of drug-likeness (QED) is 0.181. The van der Waals surface area contributed by atoms with Crippen molar-refractivity contribution >= 4 is 56.5 Å². The summed E-state index contributed by atoms with van der Waals surface area (Å²) in [6.45, 7) is 0.105. The number of aryl methyl sites for hydroxylation is 1. The number of carbonyl (C=O) groups excluding carboxylic acids is 1. The number of hydrogen-bond acceptors (Lipinski definition) is 4. The Morgan fingerprint density at radius 2 is 1.74 bits per heavy atom. The Morgan fingerprint density at radius 1 is 1.00 bits per heavy atom. The van der Waals surface area contributed by atoms with Crippen molar-refractivity contribution in [3.8, 4) is 6.07 Å². The van der Waals surface area contributed by atoms with Gasteiger partial charge in [-0.3, -0.25) is 9.59 Å². The van der Waals surface area contributed by atoms with Crippen molar-refractivity contribution in [3.63, 3.8) is 0 Å². The highest BCUT2D eigenvalue weighted by atomic mass is 35.5. The van der Waals surface area contributed by atoms with Crippen LogP contribution in [0.5, 0.6) is 0 Å². The molecule has 1 heterocycles. The summed E-state index contributed by atoms with van der Waals surface area (Å²) in [5, 5.41) is 25.3. The van der Waals surface area contributed by atoms with E-state index in [1.165, 1.54) is 11.1 Å². The molecule has 194 valence electrons. The average molecular weight is 566 g/mol. The maximum absolute atomic E-state index is 12.2. The van der Waals surface area contributed by atoms with Gasteiger partial charge < -0.3 is 10.4 Å². The average Bonchev–Trinajstić information content (AvgIpc) is 3.32. The minimum absolute atomic E-state index is 0.103. The summed E-state index contributed by atoms with van der Waals surface area (Å²) in [4.78, 5) is 22.8. The summed E-state index contributed by atoms with van der Waals surface area (Å²) >= 11 is 14.1. The molecular formula is C30H26Cl2N2O3S. The van der Waals surface area contributed by atoms with E-state index in [-0.39, 0.29) is 24.8 Å². The molecule has 3 aromatic carbocycles. The fourth-order valence-corrected chi connectivity index (χ4v) is 5.97. The van der Waals surface area contributed by atoms with Crippen LogP contribution >= 0.6 is 34.5 Å². The zero-order valence-electron chi connectivity index (χ0n) is 20.5. The zero-order valence-corrected chi connectivity index (χ0v) is 22.9. The van der Waals surface area contributed by atoms with Crippen molar-refractivity contribution in [2.75, 3.05) is 6.54 Å². The van der Waals surface area contributed by atoms with Crippen LogP contribution in [-0.4, -0.2) is 23.5 Å². The number of fused-ring (bicyclic) bond motifs is 1. The molecule has 4 rings (SSSR count). The molecule has 0 saturated carbocycles. The van der Waals surface area contributed by atoms with Crippen molar-refractivity contribution in [2.24, 2.45) is 0 Å². The van der Waals surface area contributed by atoms with Gasteiger partial charge in [-0.1, -0.05) is 53.9 Å². The van der Waals surface area contributed by atoms with Gasteiger partial charge >= 0.3 is 5.97 Å². The lowest BCUT2D eigenvalue weighted by Gasteiger charge is -2.18. The molecule has 1 amide bonds. The second kappa shape index (κ2) is 12.9. The summed E-state index contributed by atoms with van der Waals surface area (Å²) in [5.41, 5.74) is 4.59. The Balaban J connectivity index is 1.43. The predicted octanol–water partition coefficient (Wildman–Crippen LogP) is 7.83. The van der Waals surface area contributed by atoms with Gasteiger partial charge in [0.15, 0.2) is 0 Å². The second-order valence-electron chi connectivity index (χ2n) is 9.08. The van der Waals surface area contributed by atoms with Crippen LogP contribution in [-0.2, 0) is 11.2 Å². The number of rotatable bonds is 11. The number of hydrogen-bond donors (Lipinski definition) is 2. The number of thiophene rings is 1. The standard InChI is InChI=1S/C30H26Cl2N2O3S/c31-23-11-9-20(10-12-23)25(27-18-38-29-22(17-33)15-24(32)16-26(27)29)4-2-1-3-19-5-7-21(8-6-19)30(37)34-14-13-28(35)36/h5-12,15-16,18,25H,1-4,13-14H2,(H,34,37)(H,35,36)/t25-/m0/s1. The summed E-state index contributed by atoms with van der Waals surface area (Å²) in [7, 11) is 0. The number of benzene rings is 3. The van der Waals surface area contributed by atoms with E-state index in [1.54, 1.807) is 29.5 Å². The lowest BCUT2D eigenvalue weighted by atomic mass is 9.86. The van der Waals surface area contributed by atoms with Crippen LogP contribution in [0.15, 0.2) is 66.0 Å². The third-order valence-corrected chi connectivity index (χ3v) is 8.00. The lowest BCUT2D eigenvalue weighted by Crippen LogP contribution is -2.25. The first-order valence-corrected chi connectivity index (χ1v) is 13.9. The Hall–Kier alpha value is -3.37. The van der Waals surface area contributed by atoms with Crippen LogP contribution in [0.25, 0.3) is 10.1 Å². The van der Waals surface area contributed by atoms with Gasteiger partial charge in [-0.25, -0.2) is 0 Å². The first-order chi connectivity index (χ1) is 18.4. The van der Waals surface area contributed by atoms with Gasteiger partial charge in [-0.2, -0.15) is 5.26 Å². The summed E-state index contributed by atoms with van der Waals surface area (Å²) in [6, 6.07) is 21.3. The molecule has 0 radical (unpaired) electrons. The Bertz CT molecular complexity index is 1470. The molecule has 38 heavy (non-hydrogen) atoms. The Labute approximate surface area is 235 Å². The fraction of sp³-hybridized carbons (Fsp3) is 0.233. The van der Waals surface area contributed by atoms with Crippen LogP contribution < -0.4 is 5.32 Å². The molecule has 0 aliphatic carbocycles. The Kier molecular flexibility index (Phi) is 9.41. The highest BCUT2D eigenvalue weighted by Crippen LogP contribution is 2.40. The van der Waals surface area contributed by atoms with E-state index in [0.717, 1.165) is 41.3 Å². The number of nitrogens with one attached hydrogen (secondary N) is 1. The molecule has 0 saturated heterocycles. The number of nitrogens with zero attached hydrogens (tertiary/aromatic N) is 1. The summed E-state index contributed by atoms with van der Waals surface area (Å²) in [5.74, 6) is -1.07. The second-order valence-corrected chi connectivity index (χ2v) is 10.8.